The molecule has 0 saturated carbocycles. The summed E-state index contributed by atoms with van der Waals surface area (Å²) in [5.74, 6) is -2.47. The number of carbonyl (C=O) groups is 2. The van der Waals surface area contributed by atoms with E-state index >= 15 is 0 Å². The highest BCUT2D eigenvalue weighted by molar-refractivity contribution is 6.14. The predicted molar refractivity (Wildman–Crippen MR) is 80.4 cm³/mol. The van der Waals surface area contributed by atoms with E-state index < -0.39 is 11.9 Å². The Balaban J connectivity index is 0.00000161. The molecule has 0 amide bonds. The maximum atomic E-state index is 11.4. The Kier molecular flexibility index (Phi) is 3.60. The summed E-state index contributed by atoms with van der Waals surface area (Å²) in [6.45, 7) is 0. The molecule has 5 N–H and O–H groups in total. The van der Waals surface area contributed by atoms with E-state index in [1.165, 1.54) is 6.07 Å². The molecule has 0 spiro atoms. The Morgan fingerprint density at radius 1 is 0.762 bits per heavy atom. The second-order valence-electron chi connectivity index (χ2n) is 4.52. The van der Waals surface area contributed by atoms with Gasteiger partial charge in [-0.05, 0) is 39.7 Å². The van der Waals surface area contributed by atoms with Crippen molar-refractivity contribution in [3.05, 3.63) is 59.7 Å². The molecule has 0 unspecified atom stereocenters. The van der Waals surface area contributed by atoms with Gasteiger partial charge in [0.25, 0.3) is 0 Å². The summed E-state index contributed by atoms with van der Waals surface area (Å²) in [5, 5.41) is 21.5. The molecule has 5 heteroatoms. The summed E-state index contributed by atoms with van der Waals surface area (Å²) in [4.78, 5) is 22.6. The van der Waals surface area contributed by atoms with Gasteiger partial charge >= 0.3 is 11.9 Å². The zero-order valence-corrected chi connectivity index (χ0v) is 11.0. The van der Waals surface area contributed by atoms with Crippen molar-refractivity contribution in [1.29, 1.82) is 0 Å². The number of carboxylic acid groups (broad SMARTS) is 2. The van der Waals surface area contributed by atoms with E-state index in [1.54, 1.807) is 12.1 Å². The number of fused-ring (bicyclic) bond motifs is 2. The Labute approximate surface area is 120 Å². The first kappa shape index (κ1) is 14.5. The van der Waals surface area contributed by atoms with E-state index in [1.807, 2.05) is 30.3 Å². The van der Waals surface area contributed by atoms with Gasteiger partial charge in [0.1, 0.15) is 0 Å². The van der Waals surface area contributed by atoms with Crippen LogP contribution >= 0.6 is 0 Å². The molecule has 3 aromatic rings. The lowest BCUT2D eigenvalue weighted by Gasteiger charge is -2.08. The molecule has 3 rings (SSSR count). The first-order chi connectivity index (χ1) is 9.58. The molecule has 0 atom stereocenters. The molecule has 21 heavy (non-hydrogen) atoms. The van der Waals surface area contributed by atoms with E-state index in [2.05, 4.69) is 0 Å². The summed E-state index contributed by atoms with van der Waals surface area (Å²) in [6, 6.07) is 14.1. The molecule has 0 bridgehead atoms. The van der Waals surface area contributed by atoms with Crippen LogP contribution in [0.4, 0.5) is 0 Å². The molecule has 0 saturated heterocycles. The highest BCUT2D eigenvalue weighted by Gasteiger charge is 2.19. The SMILES string of the molecule is N.O=C(O)c1ccc2cc3ccccc3cc2c1C(=O)O. The van der Waals surface area contributed by atoms with Crippen LogP contribution in [-0.2, 0) is 0 Å². The second-order valence-corrected chi connectivity index (χ2v) is 4.52. The molecule has 0 aromatic heterocycles. The molecule has 0 aliphatic heterocycles. The minimum Gasteiger partial charge on any atom is -0.478 e. The average Bonchev–Trinajstić information content (AvgIpc) is 2.43. The zero-order valence-electron chi connectivity index (χ0n) is 11.0. The topological polar surface area (TPSA) is 110 Å². The number of hydrogen-bond donors (Lipinski definition) is 3. The highest BCUT2D eigenvalue weighted by Crippen LogP contribution is 2.28. The van der Waals surface area contributed by atoms with Crippen molar-refractivity contribution in [3.8, 4) is 0 Å². The van der Waals surface area contributed by atoms with Gasteiger partial charge in [0.2, 0.25) is 0 Å². The van der Waals surface area contributed by atoms with Crippen LogP contribution in [0.3, 0.4) is 0 Å². The molecule has 0 heterocycles. The van der Waals surface area contributed by atoms with Gasteiger partial charge in [0.15, 0.2) is 0 Å². The Morgan fingerprint density at radius 3 is 1.95 bits per heavy atom. The van der Waals surface area contributed by atoms with Crippen LogP contribution in [0.2, 0.25) is 0 Å². The van der Waals surface area contributed by atoms with Crippen molar-refractivity contribution in [2.75, 3.05) is 0 Å². The van der Waals surface area contributed by atoms with Gasteiger partial charge in [-0.2, -0.15) is 0 Å². The lowest BCUT2D eigenvalue weighted by Crippen LogP contribution is -2.08. The maximum absolute atomic E-state index is 11.4. The van der Waals surface area contributed by atoms with Gasteiger partial charge < -0.3 is 16.4 Å². The van der Waals surface area contributed by atoms with Gasteiger partial charge in [-0.15, -0.1) is 0 Å². The quantitative estimate of drug-likeness (QED) is 0.623. The summed E-state index contributed by atoms with van der Waals surface area (Å²) in [6.07, 6.45) is 0. The van der Waals surface area contributed by atoms with Crippen LogP contribution < -0.4 is 6.15 Å². The van der Waals surface area contributed by atoms with Crippen molar-refractivity contribution in [3.63, 3.8) is 0 Å². The normalized spacial score (nSPS) is 10.3. The minimum atomic E-state index is -1.24. The molecule has 0 aliphatic rings. The Morgan fingerprint density at radius 2 is 1.38 bits per heavy atom. The standard InChI is InChI=1S/C16H10O4.H3N/c17-15(18)12-6-5-11-7-9-3-1-2-4-10(9)8-13(11)14(12)16(19)20;/h1-8H,(H,17,18)(H,19,20);1H3. The van der Waals surface area contributed by atoms with E-state index in [-0.39, 0.29) is 17.3 Å². The fourth-order valence-corrected chi connectivity index (χ4v) is 2.42. The number of aromatic carboxylic acids is 2. The number of rotatable bonds is 2. The van der Waals surface area contributed by atoms with E-state index in [4.69, 9.17) is 5.11 Å². The molecular formula is C16H13NO4. The van der Waals surface area contributed by atoms with Gasteiger partial charge in [0, 0.05) is 0 Å². The second kappa shape index (κ2) is 5.22. The Bertz CT molecular complexity index is 871. The number of carboxylic acids is 2. The van der Waals surface area contributed by atoms with Crippen LogP contribution in [0.25, 0.3) is 21.5 Å². The number of benzene rings is 3. The molecule has 106 valence electrons. The summed E-state index contributed by atoms with van der Waals surface area (Å²) in [5.41, 5.74) is -0.360. The minimum absolute atomic E-state index is 0. The van der Waals surface area contributed by atoms with Crippen molar-refractivity contribution < 1.29 is 19.8 Å². The van der Waals surface area contributed by atoms with Crippen LogP contribution in [0.1, 0.15) is 20.7 Å². The molecule has 0 aliphatic carbocycles. The van der Waals surface area contributed by atoms with Crippen LogP contribution in [0, 0.1) is 0 Å². The highest BCUT2D eigenvalue weighted by atomic mass is 16.4. The lowest BCUT2D eigenvalue weighted by atomic mass is 9.96. The molecule has 0 radical (unpaired) electrons. The third-order valence-electron chi connectivity index (χ3n) is 3.33. The van der Waals surface area contributed by atoms with Gasteiger partial charge in [0.05, 0.1) is 11.1 Å². The fourth-order valence-electron chi connectivity index (χ4n) is 2.42. The van der Waals surface area contributed by atoms with E-state index in [0.29, 0.717) is 10.8 Å². The van der Waals surface area contributed by atoms with Crippen molar-refractivity contribution in [2.45, 2.75) is 0 Å². The summed E-state index contributed by atoms with van der Waals surface area (Å²) < 4.78 is 0. The van der Waals surface area contributed by atoms with Crippen LogP contribution in [0.5, 0.6) is 0 Å². The molecule has 3 aromatic carbocycles. The largest absolute Gasteiger partial charge is 0.478 e. The van der Waals surface area contributed by atoms with Crippen LogP contribution in [0.15, 0.2) is 48.5 Å². The van der Waals surface area contributed by atoms with Gasteiger partial charge in [-0.1, -0.05) is 30.3 Å². The molecule has 5 nitrogen and oxygen atoms in total. The third kappa shape index (κ3) is 2.30. The first-order valence-corrected chi connectivity index (χ1v) is 6.00. The monoisotopic (exact) mass is 283 g/mol. The smallest absolute Gasteiger partial charge is 0.337 e. The van der Waals surface area contributed by atoms with Crippen molar-refractivity contribution in [2.24, 2.45) is 0 Å². The average molecular weight is 283 g/mol. The molecule has 0 fully saturated rings. The van der Waals surface area contributed by atoms with Gasteiger partial charge in [-0.3, -0.25) is 0 Å². The van der Waals surface area contributed by atoms with Crippen LogP contribution in [-0.4, -0.2) is 22.2 Å². The number of hydrogen-bond acceptors (Lipinski definition) is 3. The maximum Gasteiger partial charge on any atom is 0.337 e. The summed E-state index contributed by atoms with van der Waals surface area (Å²) >= 11 is 0. The summed E-state index contributed by atoms with van der Waals surface area (Å²) in [7, 11) is 0. The van der Waals surface area contributed by atoms with Crippen molar-refractivity contribution >= 4 is 33.5 Å². The fraction of sp³-hybridized carbons (Fsp3) is 0. The predicted octanol–water partition coefficient (Wildman–Crippen LogP) is 3.55. The Hall–Kier alpha value is -2.92. The molecular weight excluding hydrogens is 270 g/mol. The van der Waals surface area contributed by atoms with Gasteiger partial charge in [-0.25, -0.2) is 9.59 Å². The third-order valence-corrected chi connectivity index (χ3v) is 3.33. The first-order valence-electron chi connectivity index (χ1n) is 6.00. The van der Waals surface area contributed by atoms with E-state index in [0.717, 1.165) is 10.8 Å². The van der Waals surface area contributed by atoms with E-state index in [9.17, 15) is 14.7 Å². The zero-order chi connectivity index (χ0) is 14.3. The van der Waals surface area contributed by atoms with Crippen molar-refractivity contribution in [1.82, 2.24) is 6.15 Å². The lowest BCUT2D eigenvalue weighted by molar-refractivity contribution is 0.0653.